The van der Waals surface area contributed by atoms with E-state index in [4.69, 9.17) is 9.47 Å². The van der Waals surface area contributed by atoms with Crippen LogP contribution in [0.3, 0.4) is 0 Å². The van der Waals surface area contributed by atoms with Gasteiger partial charge in [0.25, 0.3) is 5.91 Å². The Morgan fingerprint density at radius 2 is 1.78 bits per heavy atom. The van der Waals surface area contributed by atoms with Crippen LogP contribution < -0.4 is 10.1 Å². The largest absolute Gasteiger partial charge is 0.482 e. The van der Waals surface area contributed by atoms with Crippen LogP contribution in [0.5, 0.6) is 5.75 Å². The van der Waals surface area contributed by atoms with Crippen molar-refractivity contribution in [1.29, 1.82) is 0 Å². The van der Waals surface area contributed by atoms with E-state index in [0.717, 1.165) is 24.8 Å². The Bertz CT molecular complexity index is 804. The summed E-state index contributed by atoms with van der Waals surface area (Å²) in [4.78, 5) is 23.4. The number of nitrogens with one attached hydrogen (secondary N) is 1. The van der Waals surface area contributed by atoms with Crippen molar-refractivity contribution in [1.82, 2.24) is 5.32 Å². The minimum absolute atomic E-state index is 0.234. The van der Waals surface area contributed by atoms with Gasteiger partial charge in [-0.1, -0.05) is 18.2 Å². The molecule has 6 heteroatoms. The molecule has 0 bridgehead atoms. The summed E-state index contributed by atoms with van der Waals surface area (Å²) >= 11 is 0. The van der Waals surface area contributed by atoms with Gasteiger partial charge >= 0.3 is 5.97 Å². The monoisotopic (exact) mass is 371 g/mol. The van der Waals surface area contributed by atoms with Gasteiger partial charge in [0.1, 0.15) is 11.6 Å². The molecule has 0 heterocycles. The molecule has 3 rings (SSSR count). The molecule has 142 valence electrons. The molecule has 2 aromatic carbocycles. The van der Waals surface area contributed by atoms with Crippen molar-refractivity contribution >= 4 is 11.9 Å². The third-order valence-electron chi connectivity index (χ3n) is 4.44. The van der Waals surface area contributed by atoms with Gasteiger partial charge in [-0.15, -0.1) is 0 Å². The predicted octanol–water partition coefficient (Wildman–Crippen LogP) is 2.60. The van der Waals surface area contributed by atoms with Crippen LogP contribution in [0.15, 0.2) is 42.5 Å². The zero-order valence-corrected chi connectivity index (χ0v) is 15.0. The maximum absolute atomic E-state index is 12.8. The Morgan fingerprint density at radius 1 is 1.00 bits per heavy atom. The number of carbonyl (C=O) groups is 2. The Labute approximate surface area is 157 Å². The number of halogens is 1. The van der Waals surface area contributed by atoms with Crippen LogP contribution >= 0.6 is 0 Å². The third kappa shape index (κ3) is 5.81. The zero-order chi connectivity index (χ0) is 19.1. The third-order valence-corrected chi connectivity index (χ3v) is 4.44. The SMILES string of the molecule is O=C(COC(=O)COc1ccc2c(c1)CCC2)NCCc1ccc(F)cc1. The summed E-state index contributed by atoms with van der Waals surface area (Å²) in [6.45, 7) is -0.203. The van der Waals surface area contributed by atoms with E-state index in [1.54, 1.807) is 12.1 Å². The number of hydrogen-bond acceptors (Lipinski definition) is 4. The van der Waals surface area contributed by atoms with Gasteiger partial charge < -0.3 is 14.8 Å². The van der Waals surface area contributed by atoms with E-state index in [1.807, 2.05) is 18.2 Å². The lowest BCUT2D eigenvalue weighted by Gasteiger charge is -2.09. The number of hydrogen-bond donors (Lipinski definition) is 1. The van der Waals surface area contributed by atoms with Crippen LogP contribution in [0, 0.1) is 5.82 Å². The molecule has 5 nitrogen and oxygen atoms in total. The predicted molar refractivity (Wildman–Crippen MR) is 98.0 cm³/mol. The minimum Gasteiger partial charge on any atom is -0.482 e. The molecule has 0 radical (unpaired) electrons. The summed E-state index contributed by atoms with van der Waals surface area (Å²) < 4.78 is 23.2. The molecule has 1 N–H and O–H groups in total. The molecule has 2 aromatic rings. The van der Waals surface area contributed by atoms with Crippen LogP contribution in [0.4, 0.5) is 4.39 Å². The van der Waals surface area contributed by atoms with Crippen LogP contribution in [0.25, 0.3) is 0 Å². The quantitative estimate of drug-likeness (QED) is 0.725. The van der Waals surface area contributed by atoms with Gasteiger partial charge in [0, 0.05) is 6.54 Å². The first-order valence-electron chi connectivity index (χ1n) is 9.01. The molecule has 0 unspecified atom stereocenters. The van der Waals surface area contributed by atoms with Gasteiger partial charge in [0.2, 0.25) is 0 Å². The molecule has 0 aliphatic heterocycles. The summed E-state index contributed by atoms with van der Waals surface area (Å²) in [5, 5.41) is 2.65. The number of esters is 1. The number of carbonyl (C=O) groups excluding carboxylic acids is 2. The van der Waals surface area contributed by atoms with Crippen LogP contribution in [0.2, 0.25) is 0 Å². The van der Waals surface area contributed by atoms with E-state index in [-0.39, 0.29) is 24.9 Å². The summed E-state index contributed by atoms with van der Waals surface area (Å²) in [5.41, 5.74) is 3.51. The number of benzene rings is 2. The average Bonchev–Trinajstić information content (AvgIpc) is 3.14. The van der Waals surface area contributed by atoms with Crippen molar-refractivity contribution in [3.63, 3.8) is 0 Å². The highest BCUT2D eigenvalue weighted by Gasteiger charge is 2.13. The molecular weight excluding hydrogens is 349 g/mol. The van der Waals surface area contributed by atoms with Crippen molar-refractivity contribution in [3.8, 4) is 5.75 Å². The molecule has 1 amide bonds. The molecule has 0 fully saturated rings. The summed E-state index contributed by atoms with van der Waals surface area (Å²) in [6, 6.07) is 11.9. The fourth-order valence-corrected chi connectivity index (χ4v) is 3.02. The highest BCUT2D eigenvalue weighted by Crippen LogP contribution is 2.25. The fraction of sp³-hybridized carbons (Fsp3) is 0.333. The van der Waals surface area contributed by atoms with Gasteiger partial charge in [-0.2, -0.15) is 0 Å². The van der Waals surface area contributed by atoms with Crippen molar-refractivity contribution in [3.05, 3.63) is 65.0 Å². The van der Waals surface area contributed by atoms with Gasteiger partial charge in [0.15, 0.2) is 13.2 Å². The maximum Gasteiger partial charge on any atom is 0.344 e. The van der Waals surface area contributed by atoms with E-state index in [0.29, 0.717) is 18.7 Å². The van der Waals surface area contributed by atoms with Gasteiger partial charge in [-0.3, -0.25) is 4.79 Å². The van der Waals surface area contributed by atoms with E-state index < -0.39 is 5.97 Å². The molecule has 0 saturated heterocycles. The molecule has 0 spiro atoms. The minimum atomic E-state index is -0.593. The standard InChI is InChI=1S/C21H22FNO4/c22-18-7-4-15(5-8-18)10-11-23-20(24)13-27-21(25)14-26-19-9-6-16-2-1-3-17(16)12-19/h4-9,12H,1-3,10-11,13-14H2,(H,23,24). The zero-order valence-electron chi connectivity index (χ0n) is 15.0. The fourth-order valence-electron chi connectivity index (χ4n) is 3.02. The lowest BCUT2D eigenvalue weighted by molar-refractivity contribution is -0.150. The van der Waals surface area contributed by atoms with Gasteiger partial charge in [-0.25, -0.2) is 9.18 Å². The first-order valence-corrected chi connectivity index (χ1v) is 9.01. The van der Waals surface area contributed by atoms with Crippen molar-refractivity contribution in [2.75, 3.05) is 19.8 Å². The lowest BCUT2D eigenvalue weighted by atomic mass is 10.1. The first-order chi connectivity index (χ1) is 13.1. The summed E-state index contributed by atoms with van der Waals surface area (Å²) in [5.74, 6) is -0.639. The Hall–Kier alpha value is -2.89. The number of ether oxygens (including phenoxy) is 2. The number of fused-ring (bicyclic) bond motifs is 1. The van der Waals surface area contributed by atoms with Crippen LogP contribution in [-0.4, -0.2) is 31.6 Å². The smallest absolute Gasteiger partial charge is 0.344 e. The molecular formula is C21H22FNO4. The Morgan fingerprint density at radius 3 is 2.59 bits per heavy atom. The second kappa shape index (κ2) is 9.16. The van der Waals surface area contributed by atoms with Crippen LogP contribution in [0.1, 0.15) is 23.1 Å². The van der Waals surface area contributed by atoms with Gasteiger partial charge in [-0.05, 0) is 66.6 Å². The van der Waals surface area contributed by atoms with E-state index in [2.05, 4.69) is 5.32 Å². The lowest BCUT2D eigenvalue weighted by Crippen LogP contribution is -2.31. The highest BCUT2D eigenvalue weighted by molar-refractivity contribution is 5.80. The molecule has 0 atom stereocenters. The second-order valence-corrected chi connectivity index (χ2v) is 6.46. The second-order valence-electron chi connectivity index (χ2n) is 6.46. The molecule has 1 aliphatic rings. The molecule has 0 saturated carbocycles. The van der Waals surface area contributed by atoms with Crippen molar-refractivity contribution < 1.29 is 23.5 Å². The topological polar surface area (TPSA) is 64.6 Å². The van der Waals surface area contributed by atoms with Crippen molar-refractivity contribution in [2.45, 2.75) is 25.7 Å². The van der Waals surface area contributed by atoms with Crippen LogP contribution in [-0.2, 0) is 33.6 Å². The molecule has 0 aromatic heterocycles. The number of amides is 1. The Balaban J connectivity index is 1.31. The van der Waals surface area contributed by atoms with E-state index in [1.165, 1.54) is 23.3 Å². The van der Waals surface area contributed by atoms with E-state index >= 15 is 0 Å². The van der Waals surface area contributed by atoms with Crippen molar-refractivity contribution in [2.24, 2.45) is 0 Å². The number of aryl methyl sites for hydroxylation is 2. The normalized spacial score (nSPS) is 12.3. The highest BCUT2D eigenvalue weighted by atomic mass is 19.1. The first kappa shape index (κ1) is 18.9. The van der Waals surface area contributed by atoms with E-state index in [9.17, 15) is 14.0 Å². The van der Waals surface area contributed by atoms with Gasteiger partial charge in [0.05, 0.1) is 0 Å². The molecule has 1 aliphatic carbocycles. The molecule has 27 heavy (non-hydrogen) atoms. The number of rotatable bonds is 8. The Kier molecular flexibility index (Phi) is 6.41. The summed E-state index contributed by atoms with van der Waals surface area (Å²) in [7, 11) is 0. The summed E-state index contributed by atoms with van der Waals surface area (Å²) in [6.07, 6.45) is 3.85. The average molecular weight is 371 g/mol. The maximum atomic E-state index is 12.8.